The van der Waals surface area contributed by atoms with E-state index in [1.165, 1.54) is 23.9 Å². The minimum Gasteiger partial charge on any atom is -0.316 e. The molecule has 0 radical (unpaired) electrons. The van der Waals surface area contributed by atoms with Crippen LogP contribution >= 0.6 is 11.8 Å². The van der Waals surface area contributed by atoms with Gasteiger partial charge in [0.1, 0.15) is 0 Å². The highest BCUT2D eigenvalue weighted by Gasteiger charge is 2.25. The number of hydrogen-bond acceptors (Lipinski definition) is 4. The molecule has 0 aromatic rings. The number of rotatable bonds is 5. The molecule has 27 heavy (non-hydrogen) atoms. The number of amides is 1. The average molecular weight is 404 g/mol. The second-order valence-corrected chi connectivity index (χ2v) is 10.4. The number of hydrogen-bond donors (Lipinski definition) is 1. The van der Waals surface area contributed by atoms with Crippen molar-refractivity contribution in [3.8, 4) is 0 Å². The van der Waals surface area contributed by atoms with Crippen LogP contribution < -0.4 is 5.32 Å². The molecule has 1 amide bonds. The first-order valence-corrected chi connectivity index (χ1v) is 11.1. The molecular formula is C21H25NO3S2. The summed E-state index contributed by atoms with van der Waals surface area (Å²) >= 11 is 1.48. The van der Waals surface area contributed by atoms with Gasteiger partial charge in [0.25, 0.3) is 5.91 Å². The molecule has 1 aliphatic heterocycles. The molecule has 0 unspecified atom stereocenters. The quantitative estimate of drug-likeness (QED) is 0.723. The van der Waals surface area contributed by atoms with Gasteiger partial charge < -0.3 is 5.32 Å². The fourth-order valence-electron chi connectivity index (χ4n) is 2.59. The Morgan fingerprint density at radius 1 is 1.11 bits per heavy atom. The lowest BCUT2D eigenvalue weighted by molar-refractivity contribution is -0.116. The molecule has 0 atom stereocenters. The van der Waals surface area contributed by atoms with E-state index >= 15 is 0 Å². The highest BCUT2D eigenvalue weighted by molar-refractivity contribution is 8.06. The Kier molecular flexibility index (Phi) is 6.54. The zero-order chi connectivity index (χ0) is 20.4. The Labute approximate surface area is 166 Å². The van der Waals surface area contributed by atoms with E-state index < -0.39 is 15.1 Å². The SMILES string of the molecule is C=C1C=C(CC)SC(NC(=O)C2=CC(S(=O)(=O)C(C)C)=CC(=C)C=C2C)=C1. The number of thioether (sulfide) groups is 1. The van der Waals surface area contributed by atoms with Gasteiger partial charge in [0.2, 0.25) is 0 Å². The number of carbonyl (C=O) groups is 1. The number of nitrogens with one attached hydrogen (secondary N) is 1. The molecule has 0 bridgehead atoms. The van der Waals surface area contributed by atoms with Gasteiger partial charge in [-0.1, -0.05) is 37.9 Å². The lowest BCUT2D eigenvalue weighted by Gasteiger charge is -2.17. The molecule has 6 heteroatoms. The minimum absolute atomic E-state index is 0.101. The van der Waals surface area contributed by atoms with Gasteiger partial charge in [0, 0.05) is 5.57 Å². The van der Waals surface area contributed by atoms with E-state index in [1.807, 2.05) is 13.0 Å². The van der Waals surface area contributed by atoms with E-state index in [-0.39, 0.29) is 10.8 Å². The van der Waals surface area contributed by atoms with Gasteiger partial charge in [-0.3, -0.25) is 4.79 Å². The summed E-state index contributed by atoms with van der Waals surface area (Å²) in [5, 5.41) is 2.97. The summed E-state index contributed by atoms with van der Waals surface area (Å²) in [5.41, 5.74) is 2.33. The van der Waals surface area contributed by atoms with Crippen molar-refractivity contribution in [2.45, 2.75) is 39.4 Å². The molecule has 144 valence electrons. The topological polar surface area (TPSA) is 63.2 Å². The first-order valence-electron chi connectivity index (χ1n) is 8.69. The van der Waals surface area contributed by atoms with E-state index in [1.54, 1.807) is 32.9 Å². The normalized spacial score (nSPS) is 18.2. The molecule has 0 saturated heterocycles. The minimum atomic E-state index is -3.53. The standard InChI is InChI=1S/C21H25NO3S2/c1-7-17-9-15(5)11-20(26-17)22-21(23)19-12-18(27(24,25)13(2)3)10-14(4)8-16(19)6/h8-13H,4-5,7H2,1-3,6H3,(H,22,23). The summed E-state index contributed by atoms with van der Waals surface area (Å²) in [7, 11) is -3.53. The van der Waals surface area contributed by atoms with Gasteiger partial charge in [-0.2, -0.15) is 0 Å². The van der Waals surface area contributed by atoms with Gasteiger partial charge >= 0.3 is 0 Å². The monoisotopic (exact) mass is 403 g/mol. The zero-order valence-electron chi connectivity index (χ0n) is 16.1. The Morgan fingerprint density at radius 2 is 1.74 bits per heavy atom. The molecule has 0 spiro atoms. The summed E-state index contributed by atoms with van der Waals surface area (Å²) in [6.07, 6.45) is 9.29. The van der Waals surface area contributed by atoms with Crippen molar-refractivity contribution in [1.82, 2.24) is 5.32 Å². The second-order valence-electron chi connectivity index (χ2n) is 6.70. The van der Waals surface area contributed by atoms with E-state index in [0.717, 1.165) is 16.9 Å². The van der Waals surface area contributed by atoms with Crippen molar-refractivity contribution in [1.29, 1.82) is 0 Å². The first kappa shape index (κ1) is 21.3. The third kappa shape index (κ3) is 5.02. The maximum atomic E-state index is 12.9. The van der Waals surface area contributed by atoms with Crippen LogP contribution in [0.4, 0.5) is 0 Å². The molecule has 1 aliphatic carbocycles. The molecule has 0 saturated carbocycles. The molecule has 0 fully saturated rings. The molecule has 4 nitrogen and oxygen atoms in total. The van der Waals surface area contributed by atoms with E-state index in [2.05, 4.69) is 18.5 Å². The Bertz CT molecular complexity index is 955. The van der Waals surface area contributed by atoms with Gasteiger partial charge in [-0.25, -0.2) is 8.42 Å². The predicted molar refractivity (Wildman–Crippen MR) is 114 cm³/mol. The molecular weight excluding hydrogens is 378 g/mol. The third-order valence-electron chi connectivity index (χ3n) is 4.12. The van der Waals surface area contributed by atoms with Gasteiger partial charge in [-0.15, -0.1) is 0 Å². The van der Waals surface area contributed by atoms with Crippen molar-refractivity contribution in [2.75, 3.05) is 0 Å². The third-order valence-corrected chi connectivity index (χ3v) is 7.37. The van der Waals surface area contributed by atoms with Crippen LogP contribution in [0.2, 0.25) is 0 Å². The molecule has 0 aromatic heterocycles. The van der Waals surface area contributed by atoms with E-state index in [4.69, 9.17) is 0 Å². The highest BCUT2D eigenvalue weighted by Crippen LogP contribution is 2.33. The van der Waals surface area contributed by atoms with Crippen molar-refractivity contribution >= 4 is 27.5 Å². The Balaban J connectivity index is 2.37. The van der Waals surface area contributed by atoms with Crippen molar-refractivity contribution in [3.05, 3.63) is 80.7 Å². The second kappa shape index (κ2) is 8.31. The Hall–Kier alpha value is -2.05. The highest BCUT2D eigenvalue weighted by atomic mass is 32.2. The lowest BCUT2D eigenvalue weighted by Crippen LogP contribution is -2.25. The first-order chi connectivity index (χ1) is 12.5. The smallest absolute Gasteiger partial charge is 0.256 e. The van der Waals surface area contributed by atoms with Crippen LogP contribution in [0.15, 0.2) is 80.7 Å². The van der Waals surface area contributed by atoms with Crippen molar-refractivity contribution < 1.29 is 13.2 Å². The van der Waals surface area contributed by atoms with Crippen molar-refractivity contribution in [3.63, 3.8) is 0 Å². The summed E-state index contributed by atoms with van der Waals surface area (Å²) < 4.78 is 25.3. The lowest BCUT2D eigenvalue weighted by atomic mass is 10.1. The van der Waals surface area contributed by atoms with Crippen LogP contribution in [-0.2, 0) is 14.6 Å². The van der Waals surface area contributed by atoms with Crippen LogP contribution in [0.25, 0.3) is 0 Å². The van der Waals surface area contributed by atoms with Crippen molar-refractivity contribution in [2.24, 2.45) is 0 Å². The maximum absolute atomic E-state index is 12.9. The van der Waals surface area contributed by atoms with Gasteiger partial charge in [-0.05, 0) is 73.1 Å². The summed E-state index contributed by atoms with van der Waals surface area (Å²) in [6, 6.07) is 0. The largest absolute Gasteiger partial charge is 0.316 e. The van der Waals surface area contributed by atoms with Crippen LogP contribution in [0.5, 0.6) is 0 Å². The Morgan fingerprint density at radius 3 is 2.33 bits per heavy atom. The van der Waals surface area contributed by atoms with Crippen LogP contribution in [-0.4, -0.2) is 19.6 Å². The maximum Gasteiger partial charge on any atom is 0.256 e. The van der Waals surface area contributed by atoms with Crippen LogP contribution in [0.3, 0.4) is 0 Å². The average Bonchev–Trinajstić information content (AvgIpc) is 2.72. The number of allylic oxidation sites excluding steroid dienone is 8. The predicted octanol–water partition coefficient (Wildman–Crippen LogP) is 4.69. The fourth-order valence-corrected chi connectivity index (χ4v) is 4.72. The van der Waals surface area contributed by atoms with Crippen LogP contribution in [0, 0.1) is 0 Å². The summed E-state index contributed by atoms with van der Waals surface area (Å²) in [6.45, 7) is 14.9. The summed E-state index contributed by atoms with van der Waals surface area (Å²) in [4.78, 5) is 14.1. The van der Waals surface area contributed by atoms with Crippen LogP contribution in [0.1, 0.15) is 34.1 Å². The van der Waals surface area contributed by atoms with Gasteiger partial charge in [0.15, 0.2) is 9.84 Å². The van der Waals surface area contributed by atoms with E-state index in [0.29, 0.717) is 21.7 Å². The molecule has 2 rings (SSSR count). The van der Waals surface area contributed by atoms with E-state index in [9.17, 15) is 13.2 Å². The number of sulfone groups is 1. The number of carbonyl (C=O) groups excluding carboxylic acids is 1. The molecule has 1 N–H and O–H groups in total. The molecule has 2 aliphatic rings. The van der Waals surface area contributed by atoms with Gasteiger partial charge in [0.05, 0.1) is 15.2 Å². The molecule has 1 heterocycles. The summed E-state index contributed by atoms with van der Waals surface area (Å²) in [5.74, 6) is -0.354. The zero-order valence-corrected chi connectivity index (χ0v) is 17.8. The fraction of sp³-hybridized carbons (Fsp3) is 0.286. The molecule has 0 aromatic carbocycles.